The van der Waals surface area contributed by atoms with E-state index in [4.69, 9.17) is 0 Å². The summed E-state index contributed by atoms with van der Waals surface area (Å²) in [6, 6.07) is 7.38. The van der Waals surface area contributed by atoms with E-state index in [0.29, 0.717) is 16.3 Å². The molecule has 1 aromatic carbocycles. The van der Waals surface area contributed by atoms with Crippen LogP contribution in [0.5, 0.6) is 0 Å². The summed E-state index contributed by atoms with van der Waals surface area (Å²) in [5, 5.41) is 5.20. The summed E-state index contributed by atoms with van der Waals surface area (Å²) >= 11 is 1.38. The highest BCUT2D eigenvalue weighted by molar-refractivity contribution is 7.92. The van der Waals surface area contributed by atoms with Gasteiger partial charge in [0.2, 0.25) is 9.99 Å². The highest BCUT2D eigenvalue weighted by Crippen LogP contribution is 2.28. The average molecular weight is 364 g/mol. The zero-order valence-electron chi connectivity index (χ0n) is 14.1. The Labute approximate surface area is 145 Å². The number of sulfonamides is 1. The molecule has 0 atom stereocenters. The van der Waals surface area contributed by atoms with Gasteiger partial charge in [-0.3, -0.25) is 4.72 Å². The van der Waals surface area contributed by atoms with Crippen molar-refractivity contribution in [2.45, 2.75) is 45.1 Å². The topological polar surface area (TPSA) is 76.4 Å². The molecule has 128 valence electrons. The summed E-state index contributed by atoms with van der Waals surface area (Å²) in [6.07, 6.45) is 0.909. The van der Waals surface area contributed by atoms with Crippen molar-refractivity contribution in [3.05, 3.63) is 40.5 Å². The van der Waals surface area contributed by atoms with Crippen LogP contribution in [0.3, 0.4) is 0 Å². The maximum absolute atomic E-state index is 13.0. The zero-order chi connectivity index (χ0) is 17.5. The molecule has 0 aliphatic heterocycles. The van der Waals surface area contributed by atoms with Crippen molar-refractivity contribution in [2.24, 2.45) is 0 Å². The van der Waals surface area contributed by atoms with Crippen molar-refractivity contribution in [2.75, 3.05) is 4.72 Å². The lowest BCUT2D eigenvalue weighted by atomic mass is 10.2. The molecule has 0 saturated carbocycles. The molecule has 2 aromatic heterocycles. The number of benzene rings is 1. The minimum atomic E-state index is -3.78. The minimum Gasteiger partial charge on any atom is -0.278 e. The van der Waals surface area contributed by atoms with E-state index in [1.165, 1.54) is 15.9 Å². The highest BCUT2D eigenvalue weighted by atomic mass is 32.2. The maximum atomic E-state index is 13.0. The molecule has 24 heavy (non-hydrogen) atoms. The summed E-state index contributed by atoms with van der Waals surface area (Å²) in [5.41, 5.74) is 2.22. The SMILES string of the molecule is CCc1ccc(NS(=O)(=O)c2c(C(C)C)nc3sc(C)nn23)cc1. The first-order valence-electron chi connectivity index (χ1n) is 7.79. The fraction of sp³-hybridized carbons (Fsp3) is 0.375. The summed E-state index contributed by atoms with van der Waals surface area (Å²) in [4.78, 5) is 5.06. The first-order valence-corrected chi connectivity index (χ1v) is 10.1. The summed E-state index contributed by atoms with van der Waals surface area (Å²) in [5.74, 6) is -0.0201. The van der Waals surface area contributed by atoms with Gasteiger partial charge in [0.25, 0.3) is 10.0 Å². The average Bonchev–Trinajstić information content (AvgIpc) is 3.03. The van der Waals surface area contributed by atoms with Gasteiger partial charge < -0.3 is 0 Å². The first kappa shape index (κ1) is 16.9. The minimum absolute atomic E-state index is 0.0201. The number of nitrogens with zero attached hydrogens (tertiary/aromatic N) is 3. The molecular weight excluding hydrogens is 344 g/mol. The lowest BCUT2D eigenvalue weighted by Crippen LogP contribution is -2.17. The Balaban J connectivity index is 2.07. The van der Waals surface area contributed by atoms with E-state index in [0.717, 1.165) is 17.0 Å². The number of fused-ring (bicyclic) bond motifs is 1. The highest BCUT2D eigenvalue weighted by Gasteiger charge is 2.28. The molecule has 0 spiro atoms. The molecule has 0 radical (unpaired) electrons. The molecule has 1 N–H and O–H groups in total. The zero-order valence-corrected chi connectivity index (χ0v) is 15.7. The van der Waals surface area contributed by atoms with Crippen molar-refractivity contribution in [3.63, 3.8) is 0 Å². The number of aryl methyl sites for hydroxylation is 2. The van der Waals surface area contributed by atoms with E-state index < -0.39 is 10.0 Å². The molecule has 2 heterocycles. The van der Waals surface area contributed by atoms with Gasteiger partial charge in [-0.25, -0.2) is 4.98 Å². The van der Waals surface area contributed by atoms with Gasteiger partial charge in [0.1, 0.15) is 5.01 Å². The Morgan fingerprint density at radius 1 is 1.25 bits per heavy atom. The molecule has 0 bridgehead atoms. The fourth-order valence-electron chi connectivity index (χ4n) is 2.48. The van der Waals surface area contributed by atoms with Crippen molar-refractivity contribution in [1.29, 1.82) is 0 Å². The molecule has 0 aliphatic rings. The van der Waals surface area contributed by atoms with Gasteiger partial charge in [-0.2, -0.15) is 18.0 Å². The van der Waals surface area contributed by atoms with Gasteiger partial charge in [-0.05, 0) is 37.0 Å². The van der Waals surface area contributed by atoms with Crippen LogP contribution >= 0.6 is 11.3 Å². The Morgan fingerprint density at radius 2 is 1.92 bits per heavy atom. The number of rotatable bonds is 5. The Kier molecular flexibility index (Phi) is 4.35. The monoisotopic (exact) mass is 364 g/mol. The van der Waals surface area contributed by atoms with Gasteiger partial charge in [0.05, 0.1) is 5.69 Å². The largest absolute Gasteiger partial charge is 0.281 e. The van der Waals surface area contributed by atoms with E-state index in [1.54, 1.807) is 12.1 Å². The lowest BCUT2D eigenvalue weighted by Gasteiger charge is -2.10. The van der Waals surface area contributed by atoms with E-state index in [1.807, 2.05) is 32.9 Å². The molecule has 0 saturated heterocycles. The number of hydrogen-bond donors (Lipinski definition) is 1. The van der Waals surface area contributed by atoms with E-state index >= 15 is 0 Å². The molecule has 0 aliphatic carbocycles. The van der Waals surface area contributed by atoms with Crippen molar-refractivity contribution in [3.8, 4) is 0 Å². The number of nitrogens with one attached hydrogen (secondary N) is 1. The van der Waals surface area contributed by atoms with Gasteiger partial charge >= 0.3 is 0 Å². The summed E-state index contributed by atoms with van der Waals surface area (Å²) in [7, 11) is -3.78. The second kappa shape index (κ2) is 6.18. The van der Waals surface area contributed by atoms with Gasteiger partial charge in [0, 0.05) is 5.69 Å². The van der Waals surface area contributed by atoms with Crippen molar-refractivity contribution < 1.29 is 8.42 Å². The van der Waals surface area contributed by atoms with Crippen molar-refractivity contribution in [1.82, 2.24) is 14.6 Å². The molecule has 6 nitrogen and oxygen atoms in total. The smallest absolute Gasteiger partial charge is 0.278 e. The Hall–Kier alpha value is -1.93. The fourth-order valence-corrected chi connectivity index (χ4v) is 4.74. The third-order valence-electron chi connectivity index (χ3n) is 3.70. The maximum Gasteiger partial charge on any atom is 0.281 e. The summed E-state index contributed by atoms with van der Waals surface area (Å²) < 4.78 is 30.0. The van der Waals surface area contributed by atoms with Crippen LogP contribution in [-0.2, 0) is 16.4 Å². The van der Waals surface area contributed by atoms with Crippen LogP contribution in [0.1, 0.15) is 43.0 Å². The standard InChI is InChI=1S/C16H20N4O2S2/c1-5-12-6-8-13(9-7-12)19-24(21,22)15-14(10(2)3)17-16-20(15)18-11(4)23-16/h6-10,19H,5H2,1-4H3. The second-order valence-corrected chi connectivity index (χ2v) is 8.69. The molecular formula is C16H20N4O2S2. The first-order chi connectivity index (χ1) is 11.3. The molecule has 3 rings (SSSR count). The van der Waals surface area contributed by atoms with Crippen molar-refractivity contribution >= 4 is 32.0 Å². The quantitative estimate of drug-likeness (QED) is 0.751. The molecule has 3 aromatic rings. The van der Waals surface area contributed by atoms with Crippen LogP contribution < -0.4 is 4.72 Å². The van der Waals surface area contributed by atoms with Gasteiger partial charge in [0.15, 0.2) is 0 Å². The van der Waals surface area contributed by atoms with Crippen LogP contribution in [0, 0.1) is 6.92 Å². The predicted octanol–water partition coefficient (Wildman–Crippen LogP) is 3.59. The number of hydrogen-bond acceptors (Lipinski definition) is 5. The number of aromatic nitrogens is 3. The van der Waals surface area contributed by atoms with E-state index in [9.17, 15) is 8.42 Å². The van der Waals surface area contributed by atoms with Crippen LogP contribution in [-0.4, -0.2) is 23.0 Å². The lowest BCUT2D eigenvalue weighted by molar-refractivity contribution is 0.589. The second-order valence-electron chi connectivity index (χ2n) is 5.93. The number of anilines is 1. The molecule has 0 unspecified atom stereocenters. The van der Waals surface area contributed by atoms with E-state index in [2.05, 4.69) is 21.7 Å². The molecule has 0 amide bonds. The van der Waals surface area contributed by atoms with Crippen LogP contribution in [0.2, 0.25) is 0 Å². The van der Waals surface area contributed by atoms with Crippen LogP contribution in [0.15, 0.2) is 29.3 Å². The van der Waals surface area contributed by atoms with E-state index in [-0.39, 0.29) is 10.9 Å². The van der Waals surface area contributed by atoms with Crippen LogP contribution in [0.25, 0.3) is 4.96 Å². The van der Waals surface area contributed by atoms with Crippen LogP contribution in [0.4, 0.5) is 5.69 Å². The third-order valence-corrected chi connectivity index (χ3v) is 5.92. The number of imidazole rings is 1. The van der Waals surface area contributed by atoms with Gasteiger partial charge in [-0.15, -0.1) is 0 Å². The molecule has 0 fully saturated rings. The van der Waals surface area contributed by atoms with Gasteiger partial charge in [-0.1, -0.05) is 44.2 Å². The summed E-state index contributed by atoms with van der Waals surface area (Å²) in [6.45, 7) is 7.74. The predicted molar refractivity (Wildman–Crippen MR) is 96.3 cm³/mol. The normalized spacial score (nSPS) is 12.2. The third kappa shape index (κ3) is 3.03. The Bertz CT molecular complexity index is 970. The Morgan fingerprint density at radius 3 is 2.50 bits per heavy atom. The molecule has 8 heteroatoms.